The van der Waals surface area contributed by atoms with Gasteiger partial charge in [0.25, 0.3) is 0 Å². The van der Waals surface area contributed by atoms with Gasteiger partial charge in [-0.3, -0.25) is 0 Å². The molecule has 0 aliphatic heterocycles. The molecule has 2 nitrogen and oxygen atoms in total. The fraction of sp³-hybridized carbons (Fsp3) is 0.143. The number of ether oxygens (including phenoxy) is 1. The zero-order chi connectivity index (χ0) is 13.1. The molecule has 0 bridgehead atoms. The van der Waals surface area contributed by atoms with Gasteiger partial charge in [0.2, 0.25) is 0 Å². The van der Waals surface area contributed by atoms with Gasteiger partial charge in [0.15, 0.2) is 11.6 Å². The Kier molecular flexibility index (Phi) is 3.46. The second-order valence-corrected chi connectivity index (χ2v) is 4.06. The summed E-state index contributed by atoms with van der Waals surface area (Å²) in [5, 5.41) is 0. The number of nitrogen functional groups attached to an aromatic ring is 1. The quantitative estimate of drug-likeness (QED) is 0.846. The number of hydrogen-bond acceptors (Lipinski definition) is 2. The van der Waals surface area contributed by atoms with Crippen LogP contribution >= 0.6 is 0 Å². The molecule has 0 saturated heterocycles. The number of nitrogens with two attached hydrogens (primary N) is 1. The molecule has 2 aromatic rings. The molecule has 0 aliphatic rings. The lowest BCUT2D eigenvalue weighted by Gasteiger charge is -2.09. The van der Waals surface area contributed by atoms with Crippen LogP contribution in [0.25, 0.3) is 0 Å². The maximum atomic E-state index is 13.0. The first-order chi connectivity index (χ1) is 8.56. The highest BCUT2D eigenvalue weighted by molar-refractivity contribution is 5.47. The highest BCUT2D eigenvalue weighted by Gasteiger charge is 2.04. The molecule has 0 spiro atoms. The van der Waals surface area contributed by atoms with Crippen molar-refractivity contribution in [3.8, 4) is 5.75 Å². The minimum atomic E-state index is -0.870. The molecule has 0 atom stereocenters. The number of rotatable bonds is 3. The van der Waals surface area contributed by atoms with Crippen molar-refractivity contribution in [3.63, 3.8) is 0 Å². The fourth-order valence-corrected chi connectivity index (χ4v) is 1.63. The van der Waals surface area contributed by atoms with E-state index in [1.165, 1.54) is 6.07 Å². The van der Waals surface area contributed by atoms with Gasteiger partial charge in [-0.25, -0.2) is 8.78 Å². The first kappa shape index (κ1) is 12.4. The highest BCUT2D eigenvalue weighted by Crippen LogP contribution is 2.21. The Labute approximate surface area is 104 Å². The molecule has 0 aliphatic carbocycles. The number of hydrogen-bond donors (Lipinski definition) is 1. The summed E-state index contributed by atoms with van der Waals surface area (Å²) in [6.07, 6.45) is 0. The molecule has 2 rings (SSSR count). The van der Waals surface area contributed by atoms with Crippen molar-refractivity contribution in [1.29, 1.82) is 0 Å². The SMILES string of the molecule is Cc1cc(N)ccc1OCc1ccc(F)c(F)c1. The second-order valence-electron chi connectivity index (χ2n) is 4.06. The van der Waals surface area contributed by atoms with Crippen LogP contribution in [0.4, 0.5) is 14.5 Å². The standard InChI is InChI=1S/C14H13F2NO/c1-9-6-11(17)3-5-14(9)18-8-10-2-4-12(15)13(16)7-10/h2-7H,8,17H2,1H3. The zero-order valence-electron chi connectivity index (χ0n) is 9.91. The van der Waals surface area contributed by atoms with Crippen molar-refractivity contribution in [2.75, 3.05) is 5.73 Å². The zero-order valence-corrected chi connectivity index (χ0v) is 9.91. The maximum absolute atomic E-state index is 13.0. The largest absolute Gasteiger partial charge is 0.489 e. The summed E-state index contributed by atoms with van der Waals surface area (Å²) in [6.45, 7) is 2.05. The van der Waals surface area contributed by atoms with E-state index < -0.39 is 11.6 Å². The topological polar surface area (TPSA) is 35.2 Å². The van der Waals surface area contributed by atoms with E-state index >= 15 is 0 Å². The van der Waals surface area contributed by atoms with Crippen molar-refractivity contribution in [1.82, 2.24) is 0 Å². The molecule has 2 aromatic carbocycles. The van der Waals surface area contributed by atoms with Crippen LogP contribution in [0.1, 0.15) is 11.1 Å². The molecule has 0 radical (unpaired) electrons. The molecule has 0 unspecified atom stereocenters. The van der Waals surface area contributed by atoms with E-state index in [2.05, 4.69) is 0 Å². The molecular weight excluding hydrogens is 236 g/mol. The van der Waals surface area contributed by atoms with Crippen molar-refractivity contribution in [3.05, 3.63) is 59.2 Å². The Balaban J connectivity index is 2.09. The minimum absolute atomic E-state index is 0.182. The van der Waals surface area contributed by atoms with Crippen LogP contribution in [0, 0.1) is 18.6 Å². The Morgan fingerprint density at radius 3 is 2.50 bits per heavy atom. The molecule has 18 heavy (non-hydrogen) atoms. The van der Waals surface area contributed by atoms with Gasteiger partial charge in [-0.1, -0.05) is 6.07 Å². The van der Waals surface area contributed by atoms with Crippen LogP contribution in [0.15, 0.2) is 36.4 Å². The van der Waals surface area contributed by atoms with Crippen LogP contribution in [-0.4, -0.2) is 0 Å². The normalized spacial score (nSPS) is 10.4. The average molecular weight is 249 g/mol. The molecule has 4 heteroatoms. The van der Waals surface area contributed by atoms with Gasteiger partial charge in [0.1, 0.15) is 12.4 Å². The third kappa shape index (κ3) is 2.77. The van der Waals surface area contributed by atoms with Crippen LogP contribution in [0.5, 0.6) is 5.75 Å². The summed E-state index contributed by atoms with van der Waals surface area (Å²) in [7, 11) is 0. The lowest BCUT2D eigenvalue weighted by atomic mass is 10.2. The summed E-state index contributed by atoms with van der Waals surface area (Å²) < 4.78 is 31.3. The molecule has 2 N–H and O–H groups in total. The summed E-state index contributed by atoms with van der Waals surface area (Å²) in [5.74, 6) is -1.05. The summed E-state index contributed by atoms with van der Waals surface area (Å²) in [6, 6.07) is 8.98. The molecular formula is C14H13F2NO. The molecule has 0 heterocycles. The highest BCUT2D eigenvalue weighted by atomic mass is 19.2. The van der Waals surface area contributed by atoms with Crippen molar-refractivity contribution < 1.29 is 13.5 Å². The molecule has 0 saturated carbocycles. The molecule has 0 aromatic heterocycles. The van der Waals surface area contributed by atoms with Crippen molar-refractivity contribution in [2.24, 2.45) is 0 Å². The van der Waals surface area contributed by atoms with Gasteiger partial charge in [-0.05, 0) is 48.4 Å². The van der Waals surface area contributed by atoms with Crippen LogP contribution in [-0.2, 0) is 6.61 Å². The van der Waals surface area contributed by atoms with E-state index in [0.717, 1.165) is 17.7 Å². The third-order valence-corrected chi connectivity index (χ3v) is 2.58. The van der Waals surface area contributed by atoms with Crippen LogP contribution in [0.3, 0.4) is 0 Å². The Morgan fingerprint density at radius 1 is 1.06 bits per heavy atom. The molecule has 0 amide bonds. The summed E-state index contributed by atoms with van der Waals surface area (Å²) in [5.41, 5.74) is 7.76. The first-order valence-corrected chi connectivity index (χ1v) is 5.49. The first-order valence-electron chi connectivity index (χ1n) is 5.49. The Morgan fingerprint density at radius 2 is 1.83 bits per heavy atom. The van der Waals surface area contributed by atoms with Gasteiger partial charge < -0.3 is 10.5 Å². The number of benzene rings is 2. The van der Waals surface area contributed by atoms with Crippen LogP contribution in [0.2, 0.25) is 0 Å². The van der Waals surface area contributed by atoms with E-state index in [9.17, 15) is 8.78 Å². The van der Waals surface area contributed by atoms with E-state index in [1.54, 1.807) is 18.2 Å². The Hall–Kier alpha value is -2.10. The van der Waals surface area contributed by atoms with Crippen molar-refractivity contribution >= 4 is 5.69 Å². The van der Waals surface area contributed by atoms with Gasteiger partial charge in [-0.2, -0.15) is 0 Å². The lowest BCUT2D eigenvalue weighted by molar-refractivity contribution is 0.303. The number of anilines is 1. The predicted molar refractivity (Wildman–Crippen MR) is 66.3 cm³/mol. The van der Waals surface area contributed by atoms with E-state index in [0.29, 0.717) is 17.0 Å². The summed E-state index contributed by atoms with van der Waals surface area (Å²) in [4.78, 5) is 0. The predicted octanol–water partition coefficient (Wildman–Crippen LogP) is 3.43. The van der Waals surface area contributed by atoms with E-state index in [4.69, 9.17) is 10.5 Å². The van der Waals surface area contributed by atoms with Gasteiger partial charge in [-0.15, -0.1) is 0 Å². The maximum Gasteiger partial charge on any atom is 0.159 e. The smallest absolute Gasteiger partial charge is 0.159 e. The van der Waals surface area contributed by atoms with Gasteiger partial charge in [0, 0.05) is 5.69 Å². The van der Waals surface area contributed by atoms with Gasteiger partial charge in [0.05, 0.1) is 0 Å². The van der Waals surface area contributed by atoms with Crippen molar-refractivity contribution in [2.45, 2.75) is 13.5 Å². The fourth-order valence-electron chi connectivity index (χ4n) is 1.63. The van der Waals surface area contributed by atoms with E-state index in [1.807, 2.05) is 6.92 Å². The number of aryl methyl sites for hydroxylation is 1. The Bertz CT molecular complexity index is 570. The molecule has 94 valence electrons. The second kappa shape index (κ2) is 5.04. The molecule has 0 fully saturated rings. The van der Waals surface area contributed by atoms with E-state index in [-0.39, 0.29) is 6.61 Å². The van der Waals surface area contributed by atoms with Gasteiger partial charge >= 0.3 is 0 Å². The minimum Gasteiger partial charge on any atom is -0.489 e. The number of halogens is 2. The average Bonchev–Trinajstić information content (AvgIpc) is 2.32. The lowest BCUT2D eigenvalue weighted by Crippen LogP contribution is -1.99. The monoisotopic (exact) mass is 249 g/mol. The third-order valence-electron chi connectivity index (χ3n) is 2.58. The van der Waals surface area contributed by atoms with Crippen LogP contribution < -0.4 is 10.5 Å². The summed E-state index contributed by atoms with van der Waals surface area (Å²) >= 11 is 0.